The molecule has 2 heterocycles. The smallest absolute Gasteiger partial charge is 0.244 e. The average Bonchev–Trinajstić information content (AvgIpc) is 3.29. The lowest BCUT2D eigenvalue weighted by Crippen LogP contribution is -2.43. The van der Waals surface area contributed by atoms with Crippen molar-refractivity contribution in [1.29, 1.82) is 0 Å². The van der Waals surface area contributed by atoms with E-state index < -0.39 is 16.1 Å². The summed E-state index contributed by atoms with van der Waals surface area (Å²) in [6.45, 7) is 0.331. The molecule has 1 atom stereocenters. The van der Waals surface area contributed by atoms with Gasteiger partial charge in [0.15, 0.2) is 5.13 Å². The van der Waals surface area contributed by atoms with Crippen LogP contribution < -0.4 is 5.32 Å². The van der Waals surface area contributed by atoms with Crippen molar-refractivity contribution >= 4 is 44.0 Å². The van der Waals surface area contributed by atoms with E-state index in [1.54, 1.807) is 12.1 Å². The van der Waals surface area contributed by atoms with Crippen LogP contribution in [-0.4, -0.2) is 36.2 Å². The summed E-state index contributed by atoms with van der Waals surface area (Å²) in [5.41, 5.74) is 1.07. The largest absolute Gasteiger partial charge is 0.301 e. The van der Waals surface area contributed by atoms with Gasteiger partial charge in [-0.15, -0.1) is 11.3 Å². The molecule has 27 heavy (non-hydrogen) atoms. The number of thiazole rings is 1. The number of aryl methyl sites for hydroxylation is 2. The van der Waals surface area contributed by atoms with Gasteiger partial charge in [0.05, 0.1) is 10.6 Å². The molecule has 1 N–H and O–H groups in total. The van der Waals surface area contributed by atoms with Crippen LogP contribution in [0.1, 0.15) is 36.3 Å². The van der Waals surface area contributed by atoms with E-state index in [2.05, 4.69) is 10.3 Å². The van der Waals surface area contributed by atoms with Crippen LogP contribution in [0.3, 0.4) is 0 Å². The Morgan fingerprint density at radius 2 is 1.93 bits per heavy atom. The quantitative estimate of drug-likeness (QED) is 0.813. The second kappa shape index (κ2) is 7.50. The molecule has 2 aliphatic rings. The predicted octanol–water partition coefficient (Wildman–Crippen LogP) is 3.47. The monoisotopic (exact) mass is 425 g/mol. The van der Waals surface area contributed by atoms with Crippen LogP contribution >= 0.6 is 22.9 Å². The highest BCUT2D eigenvalue weighted by atomic mass is 35.5. The van der Waals surface area contributed by atoms with Crippen LogP contribution in [0.15, 0.2) is 29.2 Å². The lowest BCUT2D eigenvalue weighted by molar-refractivity contribution is -0.119. The molecule has 1 fully saturated rings. The van der Waals surface area contributed by atoms with Crippen molar-refractivity contribution in [2.45, 2.75) is 49.5 Å². The molecule has 0 radical (unpaired) electrons. The number of hydrogen-bond acceptors (Lipinski definition) is 5. The summed E-state index contributed by atoms with van der Waals surface area (Å²) < 4.78 is 27.2. The van der Waals surface area contributed by atoms with Gasteiger partial charge >= 0.3 is 0 Å². The Morgan fingerprint density at radius 3 is 2.67 bits per heavy atom. The Hall–Kier alpha value is -1.48. The molecular formula is C18H20ClN3O3S2. The van der Waals surface area contributed by atoms with Gasteiger partial charge in [-0.1, -0.05) is 11.6 Å². The maximum absolute atomic E-state index is 13.0. The standard InChI is InChI=1S/C18H20ClN3O3S2/c19-12-7-9-13(10-8-12)27(24,25)22-11-3-5-15(22)17(23)21-18-20-14-4-1-2-6-16(14)26-18/h7-10,15H,1-6,11H2,(H,20,21,23)/t15-/m0/s1. The van der Waals surface area contributed by atoms with E-state index in [1.807, 2.05) is 0 Å². The van der Waals surface area contributed by atoms with Crippen LogP contribution in [-0.2, 0) is 27.7 Å². The van der Waals surface area contributed by atoms with Crippen LogP contribution in [0.4, 0.5) is 5.13 Å². The molecule has 0 bridgehead atoms. The van der Waals surface area contributed by atoms with Gasteiger partial charge in [-0.2, -0.15) is 4.31 Å². The fourth-order valence-electron chi connectivity index (χ4n) is 3.63. The number of halogens is 1. The molecule has 6 nitrogen and oxygen atoms in total. The molecule has 1 aliphatic carbocycles. The highest BCUT2D eigenvalue weighted by Crippen LogP contribution is 2.31. The van der Waals surface area contributed by atoms with E-state index in [-0.39, 0.29) is 10.8 Å². The third kappa shape index (κ3) is 3.76. The number of carbonyl (C=O) groups excluding carboxylic acids is 1. The van der Waals surface area contributed by atoms with Crippen molar-refractivity contribution in [3.05, 3.63) is 39.9 Å². The SMILES string of the molecule is O=C(Nc1nc2c(s1)CCCC2)[C@@H]1CCCN1S(=O)(=O)c1ccc(Cl)cc1. The number of benzene rings is 1. The van der Waals surface area contributed by atoms with E-state index in [0.717, 1.165) is 31.4 Å². The number of sulfonamides is 1. The fraction of sp³-hybridized carbons (Fsp3) is 0.444. The van der Waals surface area contributed by atoms with E-state index in [9.17, 15) is 13.2 Å². The second-order valence-electron chi connectivity index (χ2n) is 6.81. The topological polar surface area (TPSA) is 79.4 Å². The third-order valence-corrected chi connectivity index (χ3v) is 8.25. The van der Waals surface area contributed by atoms with Gasteiger partial charge in [-0.05, 0) is 62.8 Å². The molecule has 2 aromatic rings. The number of nitrogens with one attached hydrogen (secondary N) is 1. The summed E-state index contributed by atoms with van der Waals surface area (Å²) in [7, 11) is -3.75. The first-order valence-corrected chi connectivity index (χ1v) is 11.7. The Kier molecular flexibility index (Phi) is 5.24. The Labute approximate surface area is 167 Å². The van der Waals surface area contributed by atoms with Crippen molar-refractivity contribution < 1.29 is 13.2 Å². The maximum Gasteiger partial charge on any atom is 0.244 e. The molecule has 144 valence electrons. The van der Waals surface area contributed by atoms with Gasteiger partial charge in [0.2, 0.25) is 15.9 Å². The van der Waals surface area contributed by atoms with Crippen molar-refractivity contribution in [3.8, 4) is 0 Å². The molecule has 1 aliphatic heterocycles. The summed E-state index contributed by atoms with van der Waals surface area (Å²) in [6, 6.07) is 5.31. The zero-order valence-corrected chi connectivity index (χ0v) is 17.0. The number of hydrogen-bond donors (Lipinski definition) is 1. The molecular weight excluding hydrogens is 406 g/mol. The number of nitrogens with zero attached hydrogens (tertiary/aromatic N) is 2. The molecule has 1 aromatic carbocycles. The highest BCUT2D eigenvalue weighted by molar-refractivity contribution is 7.89. The summed E-state index contributed by atoms with van der Waals surface area (Å²) in [6.07, 6.45) is 5.38. The molecule has 4 rings (SSSR count). The maximum atomic E-state index is 13.0. The summed E-state index contributed by atoms with van der Waals surface area (Å²) in [5.74, 6) is -0.309. The van der Waals surface area contributed by atoms with Crippen molar-refractivity contribution in [2.24, 2.45) is 0 Å². The Bertz CT molecular complexity index is 933. The van der Waals surface area contributed by atoms with Gasteiger partial charge in [0.1, 0.15) is 6.04 Å². The van der Waals surface area contributed by atoms with E-state index in [1.165, 1.54) is 32.7 Å². The van der Waals surface area contributed by atoms with Crippen LogP contribution in [0.5, 0.6) is 0 Å². The highest BCUT2D eigenvalue weighted by Gasteiger charge is 2.39. The molecule has 0 unspecified atom stereocenters. The molecule has 1 amide bonds. The minimum Gasteiger partial charge on any atom is -0.301 e. The van der Waals surface area contributed by atoms with Gasteiger partial charge < -0.3 is 5.32 Å². The minimum absolute atomic E-state index is 0.149. The van der Waals surface area contributed by atoms with E-state index in [4.69, 9.17) is 11.6 Å². The van der Waals surface area contributed by atoms with E-state index in [0.29, 0.717) is 29.5 Å². The van der Waals surface area contributed by atoms with Gasteiger partial charge in [-0.25, -0.2) is 13.4 Å². The lowest BCUT2D eigenvalue weighted by atomic mass is 10.0. The molecule has 1 aromatic heterocycles. The number of aromatic nitrogens is 1. The average molecular weight is 426 g/mol. The van der Waals surface area contributed by atoms with Gasteiger partial charge in [-0.3, -0.25) is 4.79 Å². The molecule has 1 saturated heterocycles. The zero-order valence-electron chi connectivity index (χ0n) is 14.7. The van der Waals surface area contributed by atoms with E-state index >= 15 is 0 Å². The van der Waals surface area contributed by atoms with Crippen LogP contribution in [0.25, 0.3) is 0 Å². The zero-order chi connectivity index (χ0) is 19.0. The first-order chi connectivity index (χ1) is 12.9. The van der Waals surface area contributed by atoms with Gasteiger partial charge in [0.25, 0.3) is 0 Å². The van der Waals surface area contributed by atoms with Gasteiger partial charge in [0, 0.05) is 16.4 Å². The summed E-state index contributed by atoms with van der Waals surface area (Å²) in [5, 5.41) is 3.89. The second-order valence-corrected chi connectivity index (χ2v) is 10.2. The number of carbonyl (C=O) groups is 1. The Balaban J connectivity index is 1.53. The Morgan fingerprint density at radius 1 is 1.19 bits per heavy atom. The normalized spacial score (nSPS) is 20.4. The number of rotatable bonds is 4. The first-order valence-electron chi connectivity index (χ1n) is 9.02. The molecule has 9 heteroatoms. The molecule has 0 saturated carbocycles. The predicted molar refractivity (Wildman–Crippen MR) is 106 cm³/mol. The fourth-order valence-corrected chi connectivity index (χ4v) is 6.46. The first kappa shape index (κ1) is 18.9. The minimum atomic E-state index is -3.75. The number of amides is 1. The van der Waals surface area contributed by atoms with Crippen LogP contribution in [0, 0.1) is 0 Å². The van der Waals surface area contributed by atoms with Crippen molar-refractivity contribution in [1.82, 2.24) is 9.29 Å². The number of anilines is 1. The molecule has 0 spiro atoms. The van der Waals surface area contributed by atoms with Crippen molar-refractivity contribution in [3.63, 3.8) is 0 Å². The summed E-state index contributed by atoms with van der Waals surface area (Å²) >= 11 is 7.36. The van der Waals surface area contributed by atoms with Crippen molar-refractivity contribution in [2.75, 3.05) is 11.9 Å². The summed E-state index contributed by atoms with van der Waals surface area (Å²) in [4.78, 5) is 18.7. The number of fused-ring (bicyclic) bond motifs is 1. The van der Waals surface area contributed by atoms with Crippen LogP contribution in [0.2, 0.25) is 5.02 Å². The third-order valence-electron chi connectivity index (χ3n) is 5.00. The lowest BCUT2D eigenvalue weighted by Gasteiger charge is -2.23.